The second-order valence-electron chi connectivity index (χ2n) is 5.28. The minimum atomic E-state index is 0.190. The third-order valence-electron chi connectivity index (χ3n) is 3.76. The van der Waals surface area contributed by atoms with Gasteiger partial charge in [0.05, 0.1) is 28.1 Å². The number of rotatable bonds is 7. The molecule has 2 aromatic heterocycles. The van der Waals surface area contributed by atoms with Crippen molar-refractivity contribution in [1.29, 1.82) is 0 Å². The summed E-state index contributed by atoms with van der Waals surface area (Å²) < 4.78 is 3.82. The van der Waals surface area contributed by atoms with Crippen molar-refractivity contribution in [1.82, 2.24) is 24.9 Å². The first-order valence-corrected chi connectivity index (χ1v) is 7.87. The van der Waals surface area contributed by atoms with Gasteiger partial charge in [0.1, 0.15) is 0 Å². The molecule has 0 aliphatic rings. The fourth-order valence-corrected chi connectivity index (χ4v) is 2.93. The van der Waals surface area contributed by atoms with Crippen molar-refractivity contribution in [2.45, 2.75) is 39.2 Å². The highest BCUT2D eigenvalue weighted by atomic mass is 35.5. The first-order valence-electron chi connectivity index (χ1n) is 7.49. The van der Waals surface area contributed by atoms with Gasteiger partial charge in [0, 0.05) is 26.7 Å². The van der Waals surface area contributed by atoms with Crippen molar-refractivity contribution in [3.63, 3.8) is 0 Å². The molecule has 0 aromatic carbocycles. The maximum Gasteiger partial charge on any atom is 0.0850 e. The molecule has 2 heterocycles. The van der Waals surface area contributed by atoms with E-state index in [1.165, 1.54) is 5.69 Å². The Hall–Kier alpha value is -1.33. The number of aromatic nitrogens is 4. The predicted molar refractivity (Wildman–Crippen MR) is 85.5 cm³/mol. The van der Waals surface area contributed by atoms with E-state index in [2.05, 4.69) is 35.4 Å². The molecule has 0 bridgehead atoms. The van der Waals surface area contributed by atoms with Crippen LogP contribution >= 0.6 is 11.6 Å². The van der Waals surface area contributed by atoms with Gasteiger partial charge in [0.2, 0.25) is 0 Å². The molecule has 0 spiro atoms. The number of hydrogen-bond acceptors (Lipinski definition) is 3. The minimum Gasteiger partial charge on any atom is -0.308 e. The van der Waals surface area contributed by atoms with Gasteiger partial charge >= 0.3 is 0 Å². The van der Waals surface area contributed by atoms with Gasteiger partial charge in [-0.15, -0.1) is 0 Å². The molecule has 1 atom stereocenters. The first-order chi connectivity index (χ1) is 10.1. The zero-order chi connectivity index (χ0) is 15.4. The Labute approximate surface area is 131 Å². The van der Waals surface area contributed by atoms with Crippen LogP contribution in [0.1, 0.15) is 43.4 Å². The summed E-state index contributed by atoms with van der Waals surface area (Å²) >= 11 is 6.48. The lowest BCUT2D eigenvalue weighted by atomic mass is 10.1. The Morgan fingerprint density at radius 3 is 2.57 bits per heavy atom. The molecule has 116 valence electrons. The maximum atomic E-state index is 6.48. The van der Waals surface area contributed by atoms with E-state index < -0.39 is 0 Å². The van der Waals surface area contributed by atoms with Gasteiger partial charge in [-0.25, -0.2) is 0 Å². The molecule has 21 heavy (non-hydrogen) atoms. The fraction of sp³-hybridized carbons (Fsp3) is 0.600. The van der Waals surface area contributed by atoms with Crippen LogP contribution in [0.2, 0.25) is 5.02 Å². The summed E-state index contributed by atoms with van der Waals surface area (Å²) in [5, 5.41) is 13.2. The van der Waals surface area contributed by atoms with E-state index in [0.29, 0.717) is 0 Å². The Balaban J connectivity index is 2.27. The van der Waals surface area contributed by atoms with E-state index in [1.54, 1.807) is 0 Å². The molecule has 2 rings (SSSR count). The highest BCUT2D eigenvalue weighted by molar-refractivity contribution is 6.31. The normalized spacial score (nSPS) is 12.8. The summed E-state index contributed by atoms with van der Waals surface area (Å²) in [5.74, 6) is 0. The van der Waals surface area contributed by atoms with Crippen molar-refractivity contribution in [3.05, 3.63) is 34.4 Å². The summed E-state index contributed by atoms with van der Waals surface area (Å²) in [6.07, 6.45) is 4.58. The highest BCUT2D eigenvalue weighted by Crippen LogP contribution is 2.26. The molecule has 0 saturated carbocycles. The van der Waals surface area contributed by atoms with Crippen LogP contribution in [0, 0.1) is 0 Å². The SMILES string of the molecule is CCCNC(Cc1c(Cl)c(CC)nn1C)c1ccnn1C. The second kappa shape index (κ2) is 7.09. The summed E-state index contributed by atoms with van der Waals surface area (Å²) in [6, 6.07) is 2.24. The van der Waals surface area contributed by atoms with Crippen LogP contribution in [0.4, 0.5) is 0 Å². The van der Waals surface area contributed by atoms with Crippen molar-refractivity contribution in [2.24, 2.45) is 14.1 Å². The molecule has 0 amide bonds. The Kier molecular flexibility index (Phi) is 5.42. The van der Waals surface area contributed by atoms with Crippen molar-refractivity contribution >= 4 is 11.6 Å². The van der Waals surface area contributed by atoms with Gasteiger partial charge in [-0.05, 0) is 25.5 Å². The minimum absolute atomic E-state index is 0.190. The van der Waals surface area contributed by atoms with Crippen LogP contribution in [-0.2, 0) is 26.9 Å². The van der Waals surface area contributed by atoms with Crippen LogP contribution in [0.5, 0.6) is 0 Å². The van der Waals surface area contributed by atoms with Gasteiger partial charge in [0.15, 0.2) is 0 Å². The molecule has 1 unspecified atom stereocenters. The van der Waals surface area contributed by atoms with E-state index >= 15 is 0 Å². The lowest BCUT2D eigenvalue weighted by Gasteiger charge is -2.19. The molecule has 2 aromatic rings. The van der Waals surface area contributed by atoms with Gasteiger partial charge in [-0.3, -0.25) is 9.36 Å². The molecule has 0 aliphatic carbocycles. The highest BCUT2D eigenvalue weighted by Gasteiger charge is 2.20. The summed E-state index contributed by atoms with van der Waals surface area (Å²) in [5.41, 5.74) is 3.20. The second-order valence-corrected chi connectivity index (χ2v) is 5.65. The van der Waals surface area contributed by atoms with Crippen LogP contribution in [0.15, 0.2) is 12.3 Å². The monoisotopic (exact) mass is 309 g/mol. The predicted octanol–water partition coefficient (Wildman–Crippen LogP) is 2.65. The topological polar surface area (TPSA) is 47.7 Å². The zero-order valence-corrected chi connectivity index (χ0v) is 14.0. The average Bonchev–Trinajstić information content (AvgIpc) is 3.00. The van der Waals surface area contributed by atoms with Crippen LogP contribution in [0.25, 0.3) is 0 Å². The Morgan fingerprint density at radius 2 is 2.05 bits per heavy atom. The lowest BCUT2D eigenvalue weighted by Crippen LogP contribution is -2.27. The fourth-order valence-electron chi connectivity index (χ4n) is 2.56. The van der Waals surface area contributed by atoms with Gasteiger partial charge in [-0.2, -0.15) is 10.2 Å². The maximum absolute atomic E-state index is 6.48. The Morgan fingerprint density at radius 1 is 1.29 bits per heavy atom. The summed E-state index contributed by atoms with van der Waals surface area (Å²) in [6.45, 7) is 5.21. The number of nitrogens with zero attached hydrogens (tertiary/aromatic N) is 4. The molecule has 1 N–H and O–H groups in total. The Bertz CT molecular complexity index is 587. The summed E-state index contributed by atoms with van der Waals surface area (Å²) in [4.78, 5) is 0. The van der Waals surface area contributed by atoms with E-state index in [0.717, 1.165) is 42.2 Å². The third-order valence-corrected chi connectivity index (χ3v) is 4.19. The van der Waals surface area contributed by atoms with Crippen molar-refractivity contribution < 1.29 is 0 Å². The third kappa shape index (κ3) is 3.47. The van der Waals surface area contributed by atoms with E-state index in [1.807, 2.05) is 29.7 Å². The molecule has 6 heteroatoms. The average molecular weight is 310 g/mol. The molecular formula is C15H24ClN5. The largest absolute Gasteiger partial charge is 0.308 e. The van der Waals surface area contributed by atoms with Gasteiger partial charge < -0.3 is 5.32 Å². The molecule has 0 fully saturated rings. The molecule has 0 aliphatic heterocycles. The standard InChI is InChI=1S/C15H24ClN5/c1-5-8-17-12(13-7-9-18-20(13)3)10-14-15(16)11(6-2)19-21(14)4/h7,9,12,17H,5-6,8,10H2,1-4H3. The number of nitrogens with one attached hydrogen (secondary N) is 1. The molecule has 0 saturated heterocycles. The number of halogens is 1. The smallest absolute Gasteiger partial charge is 0.0850 e. The van der Waals surface area contributed by atoms with Crippen LogP contribution in [0.3, 0.4) is 0 Å². The zero-order valence-electron chi connectivity index (χ0n) is 13.2. The van der Waals surface area contributed by atoms with Gasteiger partial charge in [0.25, 0.3) is 0 Å². The first kappa shape index (κ1) is 16.0. The van der Waals surface area contributed by atoms with E-state index in [9.17, 15) is 0 Å². The van der Waals surface area contributed by atoms with Gasteiger partial charge in [-0.1, -0.05) is 25.4 Å². The van der Waals surface area contributed by atoms with E-state index in [-0.39, 0.29) is 6.04 Å². The molecular weight excluding hydrogens is 286 g/mol. The van der Waals surface area contributed by atoms with Crippen LogP contribution in [-0.4, -0.2) is 26.1 Å². The number of aryl methyl sites for hydroxylation is 3. The number of hydrogen-bond donors (Lipinski definition) is 1. The molecule has 0 radical (unpaired) electrons. The van der Waals surface area contributed by atoms with Crippen molar-refractivity contribution in [2.75, 3.05) is 6.54 Å². The van der Waals surface area contributed by atoms with E-state index in [4.69, 9.17) is 11.6 Å². The van der Waals surface area contributed by atoms with Crippen molar-refractivity contribution in [3.8, 4) is 0 Å². The quantitative estimate of drug-likeness (QED) is 0.855. The molecule has 5 nitrogen and oxygen atoms in total. The van der Waals surface area contributed by atoms with Crippen LogP contribution < -0.4 is 5.32 Å². The lowest BCUT2D eigenvalue weighted by molar-refractivity contribution is 0.480. The summed E-state index contributed by atoms with van der Waals surface area (Å²) in [7, 11) is 3.93.